The third kappa shape index (κ3) is 6.92. The summed E-state index contributed by atoms with van der Waals surface area (Å²) >= 11 is 0. The van der Waals surface area contributed by atoms with Crippen LogP contribution in [0.15, 0.2) is 89.6 Å². The van der Waals surface area contributed by atoms with E-state index in [2.05, 4.69) is 21.2 Å². The molecule has 8 nitrogen and oxygen atoms in total. The van der Waals surface area contributed by atoms with Crippen LogP contribution in [0.25, 0.3) is 0 Å². The van der Waals surface area contributed by atoms with Gasteiger partial charge in [-0.15, -0.1) is 0 Å². The van der Waals surface area contributed by atoms with Gasteiger partial charge >= 0.3 is 18.1 Å². The lowest BCUT2D eigenvalue weighted by Gasteiger charge is -2.14. The predicted octanol–water partition coefficient (Wildman–Crippen LogP) is 4.85. The van der Waals surface area contributed by atoms with Gasteiger partial charge in [-0.3, -0.25) is 14.6 Å². The van der Waals surface area contributed by atoms with Crippen LogP contribution in [-0.4, -0.2) is 17.2 Å². The van der Waals surface area contributed by atoms with E-state index >= 15 is 0 Å². The molecule has 0 saturated carbocycles. The first kappa shape index (κ1) is 24.5. The van der Waals surface area contributed by atoms with Gasteiger partial charge in [0.1, 0.15) is 0 Å². The summed E-state index contributed by atoms with van der Waals surface area (Å²) in [6.45, 7) is 0.396. The second-order valence-corrected chi connectivity index (χ2v) is 7.84. The van der Waals surface area contributed by atoms with Gasteiger partial charge in [0.15, 0.2) is 0 Å². The first-order valence-corrected chi connectivity index (χ1v) is 10.8. The highest BCUT2D eigenvalue weighted by atomic mass is 19.4. The molecule has 3 amide bonds. The second-order valence-electron chi connectivity index (χ2n) is 7.84. The maximum Gasteiger partial charge on any atom is 0.416 e. The van der Waals surface area contributed by atoms with E-state index in [0.717, 1.165) is 17.7 Å². The molecule has 0 aliphatic carbocycles. The molecule has 0 aliphatic heterocycles. The summed E-state index contributed by atoms with van der Waals surface area (Å²) < 4.78 is 46.8. The summed E-state index contributed by atoms with van der Waals surface area (Å²) in [6, 6.07) is 20.1. The molecule has 0 unspecified atom stereocenters. The molecule has 0 spiro atoms. The molecule has 3 N–H and O–H groups in total. The number of nitrogens with one attached hydrogen (secondary N) is 3. The molecular weight excluding hydrogens is 475 g/mol. The zero-order valence-corrected chi connectivity index (χ0v) is 18.8. The number of halogens is 3. The van der Waals surface area contributed by atoms with Crippen LogP contribution >= 0.6 is 0 Å². The average molecular weight is 496 g/mol. The normalized spacial score (nSPS) is 11.1. The Bertz CT molecular complexity index is 1340. The molecular formula is C25H21F3N5O3+. The molecule has 184 valence electrons. The number of carbonyl (C=O) groups excluding carboxylic acids is 2. The van der Waals surface area contributed by atoms with Crippen molar-refractivity contribution in [1.82, 2.24) is 5.27 Å². The lowest BCUT2D eigenvalue weighted by Crippen LogP contribution is -2.35. The van der Waals surface area contributed by atoms with Gasteiger partial charge in [-0.05, 0) is 28.4 Å². The molecule has 4 rings (SSSR count). The minimum atomic E-state index is -4.69. The van der Waals surface area contributed by atoms with Crippen LogP contribution < -0.4 is 20.6 Å². The van der Waals surface area contributed by atoms with Crippen LogP contribution in [-0.2, 0) is 23.9 Å². The maximum atomic E-state index is 13.4. The topological polar surface area (TPSA) is 100 Å². The van der Waals surface area contributed by atoms with E-state index in [1.807, 2.05) is 30.3 Å². The Morgan fingerprint density at radius 2 is 1.44 bits per heavy atom. The maximum absolute atomic E-state index is 13.4. The highest BCUT2D eigenvalue weighted by Gasteiger charge is 2.31. The predicted molar refractivity (Wildman–Crippen MR) is 125 cm³/mol. The molecule has 36 heavy (non-hydrogen) atoms. The fourth-order valence-electron chi connectivity index (χ4n) is 3.38. The SMILES string of the molecule is O=C(Cc1ccccc1)Nc1cc(NC(=O)Nc2c[n+](Cc3ccccc3)no2)cc(C(F)(F)F)c1. The standard InChI is InChI=1S/C25H20F3N5O3/c26-25(27,28)19-12-20(29-22(34)11-17-7-3-1-4-8-17)14-21(13-19)30-24(35)31-23-16-33(32-36-23)15-18-9-5-2-6-10-18/h1-10,12-14,16H,11,15H2,(H2-,29,30,31,32,34,35)/p+1. The Kier molecular flexibility index (Phi) is 7.28. The Balaban J connectivity index is 1.43. The average Bonchev–Trinajstić information content (AvgIpc) is 3.26. The van der Waals surface area contributed by atoms with Crippen LogP contribution in [0.4, 0.5) is 35.2 Å². The lowest BCUT2D eigenvalue weighted by molar-refractivity contribution is -0.754. The molecule has 0 bridgehead atoms. The zero-order valence-electron chi connectivity index (χ0n) is 18.8. The third-order valence-electron chi connectivity index (χ3n) is 4.94. The third-order valence-corrected chi connectivity index (χ3v) is 4.94. The van der Waals surface area contributed by atoms with Crippen LogP contribution in [0.5, 0.6) is 0 Å². The van der Waals surface area contributed by atoms with Gasteiger partial charge in [0, 0.05) is 16.9 Å². The van der Waals surface area contributed by atoms with Crippen molar-refractivity contribution in [2.75, 3.05) is 16.0 Å². The van der Waals surface area contributed by atoms with E-state index in [4.69, 9.17) is 4.52 Å². The van der Waals surface area contributed by atoms with Crippen molar-refractivity contribution in [3.63, 3.8) is 0 Å². The molecule has 3 aromatic carbocycles. The van der Waals surface area contributed by atoms with Crippen molar-refractivity contribution in [2.45, 2.75) is 19.1 Å². The highest BCUT2D eigenvalue weighted by Crippen LogP contribution is 2.33. The summed E-state index contributed by atoms with van der Waals surface area (Å²) in [5.41, 5.74) is 0.347. The molecule has 11 heteroatoms. The van der Waals surface area contributed by atoms with Crippen molar-refractivity contribution in [3.05, 3.63) is 102 Å². The number of anilines is 3. The number of carbonyl (C=O) groups is 2. The highest BCUT2D eigenvalue weighted by molar-refractivity contribution is 6.00. The van der Waals surface area contributed by atoms with Gasteiger partial charge in [0.2, 0.25) is 17.7 Å². The Labute approximate surface area is 203 Å². The smallest absolute Gasteiger partial charge is 0.326 e. The van der Waals surface area contributed by atoms with E-state index in [0.29, 0.717) is 12.1 Å². The first-order valence-electron chi connectivity index (χ1n) is 10.8. The van der Waals surface area contributed by atoms with E-state index in [1.54, 1.807) is 30.3 Å². The van der Waals surface area contributed by atoms with E-state index in [9.17, 15) is 22.8 Å². The van der Waals surface area contributed by atoms with E-state index in [-0.39, 0.29) is 23.7 Å². The number of nitrogens with zero attached hydrogens (tertiary/aromatic N) is 2. The number of amides is 3. The number of urea groups is 1. The van der Waals surface area contributed by atoms with Gasteiger partial charge in [0.25, 0.3) is 6.20 Å². The summed E-state index contributed by atoms with van der Waals surface area (Å²) in [7, 11) is 0. The molecule has 0 fully saturated rings. The van der Waals surface area contributed by atoms with Crippen LogP contribution in [0.1, 0.15) is 16.7 Å². The van der Waals surface area contributed by atoms with Gasteiger partial charge in [-0.25, -0.2) is 4.79 Å². The lowest BCUT2D eigenvalue weighted by atomic mass is 10.1. The van der Waals surface area contributed by atoms with Crippen LogP contribution in [0.3, 0.4) is 0 Å². The number of rotatable bonds is 7. The molecule has 4 aromatic rings. The number of hydrogen-bond donors (Lipinski definition) is 3. The van der Waals surface area contributed by atoms with Crippen molar-refractivity contribution in [2.24, 2.45) is 0 Å². The quantitative estimate of drug-likeness (QED) is 0.318. The number of aromatic nitrogens is 2. The Morgan fingerprint density at radius 1 is 0.833 bits per heavy atom. The molecule has 0 radical (unpaired) electrons. The zero-order chi connectivity index (χ0) is 25.5. The molecule has 0 saturated heterocycles. The van der Waals surface area contributed by atoms with E-state index in [1.165, 1.54) is 16.9 Å². The Hall–Kier alpha value is -4.67. The number of alkyl halides is 3. The minimum Gasteiger partial charge on any atom is -0.326 e. The van der Waals surface area contributed by atoms with Crippen molar-refractivity contribution in [3.8, 4) is 0 Å². The van der Waals surface area contributed by atoms with Crippen molar-refractivity contribution < 1.29 is 32.0 Å². The van der Waals surface area contributed by atoms with Crippen molar-refractivity contribution >= 4 is 29.2 Å². The monoisotopic (exact) mass is 496 g/mol. The summed E-state index contributed by atoms with van der Waals surface area (Å²) in [6.07, 6.45) is -3.27. The fraction of sp³-hybridized carbons (Fsp3) is 0.120. The summed E-state index contributed by atoms with van der Waals surface area (Å²) in [5.74, 6) is -0.507. The van der Waals surface area contributed by atoms with Crippen molar-refractivity contribution in [1.29, 1.82) is 0 Å². The van der Waals surface area contributed by atoms with Gasteiger partial charge in [-0.2, -0.15) is 13.2 Å². The largest absolute Gasteiger partial charge is 0.416 e. The molecule has 0 atom stereocenters. The number of hydrogen-bond acceptors (Lipinski definition) is 4. The minimum absolute atomic E-state index is 0.00760. The second kappa shape index (κ2) is 10.7. The van der Waals surface area contributed by atoms with Gasteiger partial charge in [-0.1, -0.05) is 60.7 Å². The van der Waals surface area contributed by atoms with Crippen LogP contribution in [0, 0.1) is 0 Å². The van der Waals surface area contributed by atoms with Gasteiger partial charge < -0.3 is 10.6 Å². The van der Waals surface area contributed by atoms with E-state index < -0.39 is 23.7 Å². The summed E-state index contributed by atoms with van der Waals surface area (Å²) in [4.78, 5) is 24.7. The Morgan fingerprint density at radius 3 is 2.08 bits per heavy atom. The fourth-order valence-corrected chi connectivity index (χ4v) is 3.38. The first-order chi connectivity index (χ1) is 17.2. The van der Waals surface area contributed by atoms with Gasteiger partial charge in [0.05, 0.1) is 12.0 Å². The number of benzene rings is 3. The molecule has 1 aromatic heterocycles. The molecule has 0 aliphatic rings. The summed E-state index contributed by atoms with van der Waals surface area (Å²) in [5, 5.41) is 11.0. The van der Waals surface area contributed by atoms with Crippen LogP contribution in [0.2, 0.25) is 0 Å². The molecule has 1 heterocycles.